The summed E-state index contributed by atoms with van der Waals surface area (Å²) in [5, 5.41) is 35.0. The zero-order chi connectivity index (χ0) is 15.7. The maximum absolute atomic E-state index is 13.9. The van der Waals surface area contributed by atoms with Gasteiger partial charge in [0, 0.05) is 10.8 Å². The maximum atomic E-state index is 13.9. The standard InChI is InChI=1S/C14HF3N4/c15-11-1-6-7(2-18)8(3-19)9(4-20)10(5-21)12(6)14(17)13(11)16/h1H. The van der Waals surface area contributed by atoms with E-state index in [0.717, 1.165) is 0 Å². The fourth-order valence-corrected chi connectivity index (χ4v) is 2.00. The summed E-state index contributed by atoms with van der Waals surface area (Å²) >= 11 is 0. The van der Waals surface area contributed by atoms with Gasteiger partial charge in [0.25, 0.3) is 0 Å². The molecule has 0 heterocycles. The van der Waals surface area contributed by atoms with Crippen molar-refractivity contribution in [3.05, 3.63) is 45.8 Å². The third-order valence-electron chi connectivity index (χ3n) is 2.88. The Hall–Kier alpha value is -3.55. The second-order valence-electron chi connectivity index (χ2n) is 3.86. The van der Waals surface area contributed by atoms with Gasteiger partial charge in [-0.2, -0.15) is 21.0 Å². The van der Waals surface area contributed by atoms with E-state index < -0.39 is 50.5 Å². The van der Waals surface area contributed by atoms with Crippen LogP contribution in [0.2, 0.25) is 0 Å². The van der Waals surface area contributed by atoms with Crippen molar-refractivity contribution in [2.24, 2.45) is 0 Å². The van der Waals surface area contributed by atoms with Gasteiger partial charge in [-0.05, 0) is 6.07 Å². The first-order chi connectivity index (χ1) is 10.0. The van der Waals surface area contributed by atoms with Crippen molar-refractivity contribution in [2.75, 3.05) is 0 Å². The number of rotatable bonds is 0. The minimum Gasteiger partial charge on any atom is -0.204 e. The summed E-state index contributed by atoms with van der Waals surface area (Å²) in [6.45, 7) is 0. The Kier molecular flexibility index (Phi) is 3.20. The monoisotopic (exact) mass is 282 g/mol. The van der Waals surface area contributed by atoms with Gasteiger partial charge in [0.1, 0.15) is 24.3 Å². The van der Waals surface area contributed by atoms with Crippen molar-refractivity contribution < 1.29 is 13.2 Å². The first kappa shape index (κ1) is 13.9. The summed E-state index contributed by atoms with van der Waals surface area (Å²) in [6.07, 6.45) is 0. The molecule has 0 bridgehead atoms. The molecule has 7 heteroatoms. The normalized spacial score (nSPS) is 9.48. The minimum absolute atomic E-state index is 0.430. The fourth-order valence-electron chi connectivity index (χ4n) is 2.00. The molecule has 0 radical (unpaired) electrons. The van der Waals surface area contributed by atoms with Gasteiger partial charge in [-0.3, -0.25) is 0 Å². The van der Waals surface area contributed by atoms with Crippen molar-refractivity contribution >= 4 is 10.8 Å². The summed E-state index contributed by atoms with van der Waals surface area (Å²) in [4.78, 5) is 0. The lowest BCUT2D eigenvalue weighted by Gasteiger charge is -2.09. The lowest BCUT2D eigenvalue weighted by Crippen LogP contribution is -2.02. The quantitative estimate of drug-likeness (QED) is 0.694. The smallest absolute Gasteiger partial charge is 0.195 e. The van der Waals surface area contributed by atoms with Crippen LogP contribution in [-0.4, -0.2) is 0 Å². The zero-order valence-electron chi connectivity index (χ0n) is 10.0. The van der Waals surface area contributed by atoms with Crippen LogP contribution in [0.3, 0.4) is 0 Å². The van der Waals surface area contributed by atoms with Crippen LogP contribution < -0.4 is 0 Å². The lowest BCUT2D eigenvalue weighted by atomic mass is 9.90. The first-order valence-corrected chi connectivity index (χ1v) is 5.29. The third kappa shape index (κ3) is 1.74. The molecule has 0 aliphatic heterocycles. The zero-order valence-corrected chi connectivity index (χ0v) is 10.0. The number of fused-ring (bicyclic) bond motifs is 1. The highest BCUT2D eigenvalue weighted by Crippen LogP contribution is 2.33. The van der Waals surface area contributed by atoms with Gasteiger partial charge in [-0.15, -0.1) is 0 Å². The fraction of sp³-hybridized carbons (Fsp3) is 0. The molecule has 21 heavy (non-hydrogen) atoms. The van der Waals surface area contributed by atoms with Gasteiger partial charge >= 0.3 is 0 Å². The molecule has 0 atom stereocenters. The Labute approximate surface area is 116 Å². The lowest BCUT2D eigenvalue weighted by molar-refractivity contribution is 0.453. The molecule has 0 aliphatic rings. The summed E-state index contributed by atoms with van der Waals surface area (Å²) in [6, 6.07) is 6.63. The molecule has 2 aromatic rings. The molecular formula is C14HF3N4. The van der Waals surface area contributed by atoms with Gasteiger partial charge in [-0.1, -0.05) is 0 Å². The Morgan fingerprint density at radius 2 is 1.14 bits per heavy atom. The second-order valence-corrected chi connectivity index (χ2v) is 3.86. The predicted molar refractivity (Wildman–Crippen MR) is 62.7 cm³/mol. The van der Waals surface area contributed by atoms with Crippen LogP contribution in [0, 0.1) is 62.8 Å². The summed E-state index contributed by atoms with van der Waals surface area (Å²) in [5.41, 5.74) is -2.12. The summed E-state index contributed by atoms with van der Waals surface area (Å²) in [7, 11) is 0. The molecule has 2 aromatic carbocycles. The van der Waals surface area contributed by atoms with Crippen molar-refractivity contribution in [3.8, 4) is 24.3 Å². The topological polar surface area (TPSA) is 95.2 Å². The Morgan fingerprint density at radius 1 is 0.667 bits per heavy atom. The SMILES string of the molecule is N#Cc1c(C#N)c(C#N)c2c(F)c(F)c(F)cc2c1C#N. The highest BCUT2D eigenvalue weighted by Gasteiger charge is 2.25. The molecule has 0 fully saturated rings. The summed E-state index contributed by atoms with van der Waals surface area (Å²) < 4.78 is 40.6. The molecular weight excluding hydrogens is 281 g/mol. The van der Waals surface area contributed by atoms with Crippen LogP contribution in [0.15, 0.2) is 6.07 Å². The van der Waals surface area contributed by atoms with E-state index in [2.05, 4.69) is 0 Å². The van der Waals surface area contributed by atoms with Crippen LogP contribution in [0.5, 0.6) is 0 Å². The number of benzene rings is 2. The molecule has 0 saturated heterocycles. The Balaban J connectivity index is 3.33. The van der Waals surface area contributed by atoms with Crippen molar-refractivity contribution in [1.29, 1.82) is 21.0 Å². The first-order valence-electron chi connectivity index (χ1n) is 5.29. The average Bonchev–Trinajstić information content (AvgIpc) is 2.50. The van der Waals surface area contributed by atoms with E-state index in [1.165, 1.54) is 12.1 Å². The average molecular weight is 282 g/mol. The van der Waals surface area contributed by atoms with E-state index in [9.17, 15) is 13.2 Å². The molecule has 0 N–H and O–H groups in total. The highest BCUT2D eigenvalue weighted by molar-refractivity contribution is 5.97. The molecule has 0 aliphatic carbocycles. The molecule has 0 amide bonds. The van der Waals surface area contributed by atoms with Gasteiger partial charge in [0.15, 0.2) is 17.5 Å². The molecule has 0 aromatic heterocycles. The Morgan fingerprint density at radius 3 is 1.62 bits per heavy atom. The Bertz CT molecular complexity index is 966. The molecule has 2 rings (SSSR count). The van der Waals surface area contributed by atoms with E-state index in [1.54, 1.807) is 12.1 Å². The summed E-state index contributed by atoms with van der Waals surface area (Å²) in [5.74, 6) is -5.07. The van der Waals surface area contributed by atoms with Crippen molar-refractivity contribution in [3.63, 3.8) is 0 Å². The van der Waals surface area contributed by atoms with Crippen molar-refractivity contribution in [2.45, 2.75) is 0 Å². The maximum Gasteiger partial charge on any atom is 0.195 e. The molecule has 98 valence electrons. The van der Waals surface area contributed by atoms with E-state index in [1.807, 2.05) is 0 Å². The largest absolute Gasteiger partial charge is 0.204 e. The van der Waals surface area contributed by atoms with Gasteiger partial charge in [0.2, 0.25) is 0 Å². The molecule has 0 spiro atoms. The second kappa shape index (κ2) is 4.85. The van der Waals surface area contributed by atoms with Crippen LogP contribution in [0.4, 0.5) is 13.2 Å². The molecule has 4 nitrogen and oxygen atoms in total. The predicted octanol–water partition coefficient (Wildman–Crippen LogP) is 2.74. The van der Waals surface area contributed by atoms with Gasteiger partial charge in [0.05, 0.1) is 22.3 Å². The third-order valence-corrected chi connectivity index (χ3v) is 2.88. The van der Waals surface area contributed by atoms with E-state index in [4.69, 9.17) is 21.0 Å². The number of nitrogens with zero attached hydrogens (tertiary/aromatic N) is 4. The highest BCUT2D eigenvalue weighted by atomic mass is 19.2. The number of hydrogen-bond donors (Lipinski definition) is 0. The number of hydrogen-bond acceptors (Lipinski definition) is 4. The number of nitriles is 4. The van der Waals surface area contributed by atoms with Crippen LogP contribution in [-0.2, 0) is 0 Å². The van der Waals surface area contributed by atoms with E-state index in [-0.39, 0.29) is 0 Å². The minimum atomic E-state index is -1.82. The van der Waals surface area contributed by atoms with E-state index >= 15 is 0 Å². The van der Waals surface area contributed by atoms with Crippen LogP contribution in [0.25, 0.3) is 10.8 Å². The van der Waals surface area contributed by atoms with Gasteiger partial charge in [-0.25, -0.2) is 13.2 Å². The van der Waals surface area contributed by atoms with Gasteiger partial charge < -0.3 is 0 Å². The van der Waals surface area contributed by atoms with Crippen molar-refractivity contribution in [1.82, 2.24) is 0 Å². The van der Waals surface area contributed by atoms with E-state index in [0.29, 0.717) is 6.07 Å². The van der Waals surface area contributed by atoms with Crippen LogP contribution in [0.1, 0.15) is 22.3 Å². The molecule has 0 saturated carbocycles. The number of halogens is 3. The molecule has 0 unspecified atom stereocenters. The van der Waals surface area contributed by atoms with Crippen LogP contribution >= 0.6 is 0 Å².